The summed E-state index contributed by atoms with van der Waals surface area (Å²) >= 11 is 0. The van der Waals surface area contributed by atoms with Gasteiger partial charge in [0, 0.05) is 24.0 Å². The average molecular weight is 495 g/mol. The second kappa shape index (κ2) is 9.85. The Balaban J connectivity index is 1.43. The highest BCUT2D eigenvalue weighted by atomic mass is 16.5. The van der Waals surface area contributed by atoms with Crippen molar-refractivity contribution in [1.82, 2.24) is 10.1 Å². The summed E-state index contributed by atoms with van der Waals surface area (Å²) in [5, 5.41) is 3.93. The monoisotopic (exact) mass is 494 g/mol. The summed E-state index contributed by atoms with van der Waals surface area (Å²) in [7, 11) is 0. The number of carbonyl (C=O) groups is 1. The van der Waals surface area contributed by atoms with Gasteiger partial charge in [-0.05, 0) is 78.8 Å². The van der Waals surface area contributed by atoms with Crippen molar-refractivity contribution in [3.63, 3.8) is 0 Å². The molecular weight excluding hydrogens is 464 g/mol. The molecule has 188 valence electrons. The van der Waals surface area contributed by atoms with E-state index in [9.17, 15) is 9.59 Å². The maximum Gasteiger partial charge on any atom is 0.439 e. The lowest BCUT2D eigenvalue weighted by Gasteiger charge is -2.21. The molecule has 1 saturated carbocycles. The van der Waals surface area contributed by atoms with Gasteiger partial charge in [-0.3, -0.25) is 14.3 Å². The number of nitrogens with one attached hydrogen (secondary N) is 1. The number of rotatable bonds is 7. The lowest BCUT2D eigenvalue weighted by atomic mass is 9.84. The number of hydrogen-bond acceptors (Lipinski definition) is 5. The van der Waals surface area contributed by atoms with Gasteiger partial charge in [-0.2, -0.15) is 0 Å². The third kappa shape index (κ3) is 5.01. The molecular formula is C31H30N2O4. The molecule has 37 heavy (non-hydrogen) atoms. The molecule has 4 aromatic rings. The Labute approximate surface area is 215 Å². The van der Waals surface area contributed by atoms with E-state index in [-0.39, 0.29) is 5.78 Å². The molecule has 2 aliphatic rings. The normalized spacial score (nSPS) is 17.1. The molecule has 1 unspecified atom stereocenters. The van der Waals surface area contributed by atoms with Gasteiger partial charge in [0.2, 0.25) is 0 Å². The van der Waals surface area contributed by atoms with Crippen molar-refractivity contribution < 1.29 is 14.1 Å². The molecule has 1 N–H and O–H groups in total. The molecule has 1 aliphatic heterocycles. The minimum Gasteiger partial charge on any atom is -0.493 e. The van der Waals surface area contributed by atoms with Crippen LogP contribution in [0.5, 0.6) is 5.75 Å². The maximum atomic E-state index is 13.3. The Bertz CT molecular complexity index is 1490. The number of ketones is 1. The fourth-order valence-electron chi connectivity index (χ4n) is 5.57. The number of aryl methyl sites for hydroxylation is 1. The minimum absolute atomic E-state index is 0.160. The molecule has 0 bridgehead atoms. The van der Waals surface area contributed by atoms with Crippen molar-refractivity contribution in [2.24, 2.45) is 5.92 Å². The van der Waals surface area contributed by atoms with Gasteiger partial charge in [-0.25, -0.2) is 4.79 Å². The second-order valence-electron chi connectivity index (χ2n) is 10.4. The summed E-state index contributed by atoms with van der Waals surface area (Å²) in [5.41, 5.74) is 7.05. The van der Waals surface area contributed by atoms with E-state index in [1.54, 1.807) is 0 Å². The molecule has 6 rings (SSSR count). The molecule has 3 aromatic carbocycles. The van der Waals surface area contributed by atoms with E-state index in [0.717, 1.165) is 46.4 Å². The number of aromatic amines is 1. The van der Waals surface area contributed by atoms with Gasteiger partial charge in [-0.1, -0.05) is 59.3 Å². The summed E-state index contributed by atoms with van der Waals surface area (Å²) in [6.07, 6.45) is 5.29. The number of ether oxygens (including phenoxy) is 1. The molecule has 1 fully saturated rings. The second-order valence-corrected chi connectivity index (χ2v) is 10.4. The number of H-pyrrole nitrogens is 1. The number of carbonyl (C=O) groups excluding carboxylic acids is 1. The number of aromatic nitrogens is 2. The first-order chi connectivity index (χ1) is 18.0. The van der Waals surface area contributed by atoms with Crippen LogP contribution >= 0.6 is 0 Å². The summed E-state index contributed by atoms with van der Waals surface area (Å²) in [4.78, 5) is 27.6. The van der Waals surface area contributed by atoms with Gasteiger partial charge in [0.25, 0.3) is 0 Å². The Hall–Kier alpha value is -3.93. The number of Topliss-reactive ketones (excluding diaryl/α,β-unsaturated/α-hetero) is 1. The van der Waals surface area contributed by atoms with Gasteiger partial charge in [0.15, 0.2) is 5.82 Å². The van der Waals surface area contributed by atoms with Crippen LogP contribution in [0.25, 0.3) is 22.5 Å². The number of nitrogens with zero attached hydrogens (tertiary/aromatic N) is 1. The van der Waals surface area contributed by atoms with Crippen molar-refractivity contribution >= 4 is 5.78 Å². The Morgan fingerprint density at radius 3 is 2.51 bits per heavy atom. The van der Waals surface area contributed by atoms with E-state index in [0.29, 0.717) is 37.1 Å². The zero-order chi connectivity index (χ0) is 25.4. The van der Waals surface area contributed by atoms with Crippen LogP contribution in [-0.4, -0.2) is 22.5 Å². The van der Waals surface area contributed by atoms with Crippen LogP contribution in [-0.2, 0) is 17.6 Å². The average Bonchev–Trinajstić information content (AvgIpc) is 3.68. The Morgan fingerprint density at radius 1 is 1.00 bits per heavy atom. The summed E-state index contributed by atoms with van der Waals surface area (Å²) in [6, 6.07) is 20.3. The number of fused-ring (bicyclic) bond motifs is 1. The number of hydrogen-bond donors (Lipinski definition) is 1. The zero-order valence-electron chi connectivity index (χ0n) is 21.0. The van der Waals surface area contributed by atoms with E-state index < -0.39 is 5.76 Å². The van der Waals surface area contributed by atoms with Crippen LogP contribution in [0.15, 0.2) is 70.0 Å². The molecule has 0 radical (unpaired) electrons. The van der Waals surface area contributed by atoms with Gasteiger partial charge in [0.1, 0.15) is 11.5 Å². The van der Waals surface area contributed by atoms with Crippen molar-refractivity contribution in [1.29, 1.82) is 0 Å². The third-order valence-electron chi connectivity index (χ3n) is 7.53. The Kier molecular flexibility index (Phi) is 6.25. The standard InChI is InChI=1S/C31H30N2O4/c1-19-8-10-20(11-9-19)15-24(34)17-23-16-22(18-28-25(21-12-13-21)7-4-14-36-29(23)28)26-5-2-3-6-27(26)30-32-31(35)37-33-30/h2-3,5-6,8-11,16,18,21,25H,4,7,12-15,17H2,1H3,(H,32,33,35). The molecule has 1 aromatic heterocycles. The van der Waals surface area contributed by atoms with Gasteiger partial charge < -0.3 is 4.74 Å². The van der Waals surface area contributed by atoms with Crippen LogP contribution < -0.4 is 10.5 Å². The molecule has 6 nitrogen and oxygen atoms in total. The smallest absolute Gasteiger partial charge is 0.439 e. The van der Waals surface area contributed by atoms with Crippen molar-refractivity contribution in [2.75, 3.05) is 6.61 Å². The van der Waals surface area contributed by atoms with Gasteiger partial charge >= 0.3 is 5.76 Å². The lowest BCUT2D eigenvalue weighted by Crippen LogP contribution is -2.10. The molecule has 0 spiro atoms. The van der Waals surface area contributed by atoms with Crippen LogP contribution in [0.4, 0.5) is 0 Å². The molecule has 6 heteroatoms. The van der Waals surface area contributed by atoms with Gasteiger partial charge in [-0.15, -0.1) is 0 Å². The van der Waals surface area contributed by atoms with Crippen molar-refractivity contribution in [3.05, 3.63) is 93.5 Å². The highest BCUT2D eigenvalue weighted by Gasteiger charge is 2.36. The van der Waals surface area contributed by atoms with E-state index in [4.69, 9.17) is 9.26 Å². The van der Waals surface area contributed by atoms with Crippen molar-refractivity contribution in [3.8, 4) is 28.3 Å². The van der Waals surface area contributed by atoms with E-state index in [1.165, 1.54) is 24.0 Å². The first-order valence-corrected chi connectivity index (χ1v) is 13.1. The summed E-state index contributed by atoms with van der Waals surface area (Å²) in [6.45, 7) is 2.72. The van der Waals surface area contributed by atoms with Crippen molar-refractivity contribution in [2.45, 2.75) is 51.4 Å². The van der Waals surface area contributed by atoms with Crippen LogP contribution in [0.1, 0.15) is 53.9 Å². The summed E-state index contributed by atoms with van der Waals surface area (Å²) in [5.74, 6) is 1.96. The molecule has 1 atom stereocenters. The fraction of sp³-hybridized carbons (Fsp3) is 0.323. The van der Waals surface area contributed by atoms with Gasteiger partial charge in [0.05, 0.1) is 6.61 Å². The predicted octanol–water partition coefficient (Wildman–Crippen LogP) is 6.03. The van der Waals surface area contributed by atoms with E-state index in [1.807, 2.05) is 55.5 Å². The molecule has 0 amide bonds. The SMILES string of the molecule is Cc1ccc(CC(=O)Cc2cc(-c3ccccc3-c3noc(=O)[nH]3)cc3c2OCCCC3C2CC2)cc1. The minimum atomic E-state index is -0.587. The van der Waals surface area contributed by atoms with E-state index >= 15 is 0 Å². The third-order valence-corrected chi connectivity index (χ3v) is 7.53. The Morgan fingerprint density at radius 2 is 1.78 bits per heavy atom. The highest BCUT2D eigenvalue weighted by molar-refractivity contribution is 5.86. The first kappa shape index (κ1) is 23.5. The van der Waals surface area contributed by atoms with Crippen LogP contribution in [0.2, 0.25) is 0 Å². The summed E-state index contributed by atoms with van der Waals surface area (Å²) < 4.78 is 11.1. The van der Waals surface area contributed by atoms with Crippen LogP contribution in [0, 0.1) is 12.8 Å². The molecule has 0 saturated heterocycles. The molecule has 2 heterocycles. The lowest BCUT2D eigenvalue weighted by molar-refractivity contribution is -0.117. The maximum absolute atomic E-state index is 13.3. The number of benzene rings is 3. The highest BCUT2D eigenvalue weighted by Crippen LogP contribution is 2.50. The first-order valence-electron chi connectivity index (χ1n) is 13.1. The van der Waals surface area contributed by atoms with E-state index in [2.05, 4.69) is 22.3 Å². The molecule has 1 aliphatic carbocycles. The zero-order valence-corrected chi connectivity index (χ0v) is 21.0. The quantitative estimate of drug-likeness (QED) is 0.339. The topological polar surface area (TPSA) is 85.2 Å². The fourth-order valence-corrected chi connectivity index (χ4v) is 5.57. The largest absolute Gasteiger partial charge is 0.493 e. The van der Waals surface area contributed by atoms with Crippen LogP contribution in [0.3, 0.4) is 0 Å². The predicted molar refractivity (Wildman–Crippen MR) is 142 cm³/mol.